The monoisotopic (exact) mass is 331 g/mol. The number of hydrogen-bond acceptors (Lipinski definition) is 5. The number of nitrogens with zero attached hydrogens (tertiary/aromatic N) is 1. The molecule has 1 unspecified atom stereocenters. The number of ether oxygens (including phenoxy) is 1. The summed E-state index contributed by atoms with van der Waals surface area (Å²) in [5.41, 5.74) is 6.89. The number of hydrogen-bond donors (Lipinski definition) is 2. The minimum atomic E-state index is -0.587. The molecule has 1 aromatic carbocycles. The lowest BCUT2D eigenvalue weighted by Gasteiger charge is -2.29. The molecule has 0 radical (unpaired) electrons. The predicted octanol–water partition coefficient (Wildman–Crippen LogP) is 0.565. The Labute approximate surface area is 140 Å². The lowest BCUT2D eigenvalue weighted by Crippen LogP contribution is -2.52. The van der Waals surface area contributed by atoms with Crippen molar-refractivity contribution in [2.24, 2.45) is 5.73 Å². The number of carbonyl (C=O) groups is 3. The zero-order valence-corrected chi connectivity index (χ0v) is 13.4. The minimum Gasteiger partial charge on any atom is -0.494 e. The Kier molecular flexibility index (Phi) is 4.80. The highest BCUT2D eigenvalue weighted by Crippen LogP contribution is 2.30. The van der Waals surface area contributed by atoms with Gasteiger partial charge in [0.05, 0.1) is 6.61 Å². The molecule has 0 bridgehead atoms. The zero-order chi connectivity index (χ0) is 17.1. The number of carbonyl (C=O) groups excluding carboxylic acids is 3. The number of benzene rings is 1. The van der Waals surface area contributed by atoms with E-state index in [1.165, 1.54) is 4.90 Å². The number of imide groups is 1. The molecule has 1 saturated heterocycles. The van der Waals surface area contributed by atoms with Crippen molar-refractivity contribution in [3.05, 3.63) is 29.3 Å². The number of rotatable bonds is 6. The van der Waals surface area contributed by atoms with Crippen molar-refractivity contribution in [3.63, 3.8) is 0 Å². The fraction of sp³-hybridized carbons (Fsp3) is 0.471. The fourth-order valence-electron chi connectivity index (χ4n) is 3.08. The second-order valence-electron chi connectivity index (χ2n) is 6.06. The van der Waals surface area contributed by atoms with Crippen LogP contribution in [0.25, 0.3) is 0 Å². The molecule has 2 aliphatic heterocycles. The van der Waals surface area contributed by atoms with Gasteiger partial charge in [-0.3, -0.25) is 19.7 Å². The molecule has 7 heteroatoms. The Morgan fingerprint density at radius 1 is 1.25 bits per heavy atom. The van der Waals surface area contributed by atoms with E-state index >= 15 is 0 Å². The van der Waals surface area contributed by atoms with Crippen LogP contribution in [0.2, 0.25) is 0 Å². The summed E-state index contributed by atoms with van der Waals surface area (Å²) in [7, 11) is 0. The summed E-state index contributed by atoms with van der Waals surface area (Å²) in [6.45, 7) is 1.59. The lowest BCUT2D eigenvalue weighted by atomic mass is 10.0. The van der Waals surface area contributed by atoms with E-state index in [1.807, 2.05) is 6.07 Å². The first-order valence-electron chi connectivity index (χ1n) is 8.20. The maximum absolute atomic E-state index is 12.5. The van der Waals surface area contributed by atoms with Crippen LogP contribution in [-0.2, 0) is 16.1 Å². The number of nitrogens with two attached hydrogens (primary N) is 1. The van der Waals surface area contributed by atoms with E-state index in [9.17, 15) is 14.4 Å². The molecule has 1 fully saturated rings. The van der Waals surface area contributed by atoms with Crippen LogP contribution in [0.15, 0.2) is 18.2 Å². The molecule has 2 heterocycles. The highest BCUT2D eigenvalue weighted by molar-refractivity contribution is 6.05. The third-order valence-corrected chi connectivity index (χ3v) is 4.36. The molecule has 1 atom stereocenters. The van der Waals surface area contributed by atoms with Crippen LogP contribution in [0, 0.1) is 0 Å². The largest absolute Gasteiger partial charge is 0.494 e. The molecule has 3 rings (SSSR count). The molecule has 24 heavy (non-hydrogen) atoms. The van der Waals surface area contributed by atoms with Crippen LogP contribution in [-0.4, -0.2) is 41.8 Å². The van der Waals surface area contributed by atoms with Gasteiger partial charge in [0.15, 0.2) is 0 Å². The SMILES string of the molecule is NCCCCOc1ccc2c(c1)CN(C1CCC(=O)NC1=O)C2=O. The van der Waals surface area contributed by atoms with Crippen LogP contribution >= 0.6 is 0 Å². The number of piperidine rings is 1. The van der Waals surface area contributed by atoms with Crippen molar-refractivity contribution in [2.75, 3.05) is 13.2 Å². The standard InChI is InChI=1S/C17H21N3O4/c18-7-1-2-8-24-12-3-4-13-11(9-12)10-20(17(13)23)14-5-6-15(21)19-16(14)22/h3-4,9,14H,1-2,5-8,10,18H2,(H,19,21,22). The molecule has 0 saturated carbocycles. The van der Waals surface area contributed by atoms with Gasteiger partial charge in [-0.2, -0.15) is 0 Å². The second kappa shape index (κ2) is 7.00. The van der Waals surface area contributed by atoms with Gasteiger partial charge < -0.3 is 15.4 Å². The van der Waals surface area contributed by atoms with E-state index in [-0.39, 0.29) is 18.2 Å². The van der Waals surface area contributed by atoms with Crippen LogP contribution in [0.5, 0.6) is 5.75 Å². The van der Waals surface area contributed by atoms with E-state index in [2.05, 4.69) is 5.32 Å². The van der Waals surface area contributed by atoms with Crippen molar-refractivity contribution >= 4 is 17.7 Å². The molecular formula is C17H21N3O4. The van der Waals surface area contributed by atoms with Gasteiger partial charge >= 0.3 is 0 Å². The minimum absolute atomic E-state index is 0.172. The molecule has 7 nitrogen and oxygen atoms in total. The normalized spacial score (nSPS) is 20.1. The van der Waals surface area contributed by atoms with E-state index in [0.29, 0.717) is 37.4 Å². The smallest absolute Gasteiger partial charge is 0.255 e. The van der Waals surface area contributed by atoms with Gasteiger partial charge in [0.25, 0.3) is 5.91 Å². The molecule has 3 amide bonds. The molecule has 0 spiro atoms. The Bertz CT molecular complexity index is 674. The molecule has 2 aliphatic rings. The Morgan fingerprint density at radius 3 is 2.83 bits per heavy atom. The summed E-state index contributed by atoms with van der Waals surface area (Å²) >= 11 is 0. The van der Waals surface area contributed by atoms with E-state index < -0.39 is 11.9 Å². The van der Waals surface area contributed by atoms with Gasteiger partial charge in [0.2, 0.25) is 11.8 Å². The quantitative estimate of drug-likeness (QED) is 0.586. The van der Waals surface area contributed by atoms with Crippen LogP contribution in [0.4, 0.5) is 0 Å². The van der Waals surface area contributed by atoms with Crippen LogP contribution in [0.3, 0.4) is 0 Å². The van der Waals surface area contributed by atoms with Crippen molar-refractivity contribution in [2.45, 2.75) is 38.3 Å². The Balaban J connectivity index is 1.68. The summed E-state index contributed by atoms with van der Waals surface area (Å²) < 4.78 is 5.68. The van der Waals surface area contributed by atoms with Gasteiger partial charge in [0.1, 0.15) is 11.8 Å². The maximum atomic E-state index is 12.5. The first-order valence-corrected chi connectivity index (χ1v) is 8.20. The number of fused-ring (bicyclic) bond motifs is 1. The third kappa shape index (κ3) is 3.26. The molecule has 0 aliphatic carbocycles. The van der Waals surface area contributed by atoms with Crippen molar-refractivity contribution in [3.8, 4) is 5.75 Å². The summed E-state index contributed by atoms with van der Waals surface area (Å²) in [6, 6.07) is 4.77. The van der Waals surface area contributed by atoms with Gasteiger partial charge in [-0.05, 0) is 49.6 Å². The Morgan fingerprint density at radius 2 is 2.08 bits per heavy atom. The van der Waals surface area contributed by atoms with Gasteiger partial charge in [0, 0.05) is 18.5 Å². The highest BCUT2D eigenvalue weighted by atomic mass is 16.5. The lowest BCUT2D eigenvalue weighted by molar-refractivity contribution is -0.136. The third-order valence-electron chi connectivity index (χ3n) is 4.36. The van der Waals surface area contributed by atoms with Crippen LogP contribution in [0.1, 0.15) is 41.6 Å². The van der Waals surface area contributed by atoms with E-state index in [0.717, 1.165) is 18.4 Å². The molecule has 0 aromatic heterocycles. The van der Waals surface area contributed by atoms with E-state index in [1.54, 1.807) is 12.1 Å². The zero-order valence-electron chi connectivity index (χ0n) is 13.4. The first-order chi connectivity index (χ1) is 11.6. The fourth-order valence-corrected chi connectivity index (χ4v) is 3.08. The summed E-state index contributed by atoms with van der Waals surface area (Å²) in [4.78, 5) is 37.3. The topological polar surface area (TPSA) is 102 Å². The number of unbranched alkanes of at least 4 members (excludes halogenated alkanes) is 1. The number of amides is 3. The number of nitrogens with one attached hydrogen (secondary N) is 1. The van der Waals surface area contributed by atoms with Crippen molar-refractivity contribution in [1.29, 1.82) is 0 Å². The van der Waals surface area contributed by atoms with Crippen LogP contribution < -0.4 is 15.8 Å². The van der Waals surface area contributed by atoms with Gasteiger partial charge in [-0.1, -0.05) is 0 Å². The average Bonchev–Trinajstić information content (AvgIpc) is 2.88. The molecule has 3 N–H and O–H groups in total. The Hall–Kier alpha value is -2.41. The first kappa shape index (κ1) is 16.4. The summed E-state index contributed by atoms with van der Waals surface area (Å²) in [5.74, 6) is -0.142. The molecule has 1 aromatic rings. The predicted molar refractivity (Wildman–Crippen MR) is 86.3 cm³/mol. The van der Waals surface area contributed by atoms with Crippen molar-refractivity contribution < 1.29 is 19.1 Å². The van der Waals surface area contributed by atoms with Gasteiger partial charge in [-0.25, -0.2) is 0 Å². The maximum Gasteiger partial charge on any atom is 0.255 e. The van der Waals surface area contributed by atoms with Crippen molar-refractivity contribution in [1.82, 2.24) is 10.2 Å². The second-order valence-corrected chi connectivity index (χ2v) is 6.06. The van der Waals surface area contributed by atoms with E-state index in [4.69, 9.17) is 10.5 Å². The molecule has 128 valence electrons. The van der Waals surface area contributed by atoms with Gasteiger partial charge in [-0.15, -0.1) is 0 Å². The summed E-state index contributed by atoms with van der Waals surface area (Å²) in [5, 5.41) is 2.30. The summed E-state index contributed by atoms with van der Waals surface area (Å²) in [6.07, 6.45) is 2.42. The highest BCUT2D eigenvalue weighted by Gasteiger charge is 2.39. The average molecular weight is 331 g/mol. The molecular weight excluding hydrogens is 310 g/mol.